The predicted octanol–water partition coefficient (Wildman–Crippen LogP) is 4.32. The maximum absolute atomic E-state index is 12.7. The second-order valence-electron chi connectivity index (χ2n) is 6.98. The van der Waals surface area contributed by atoms with Crippen LogP contribution in [0.1, 0.15) is 32.7 Å². The van der Waals surface area contributed by atoms with Gasteiger partial charge in [-0.2, -0.15) is 0 Å². The SMILES string of the molecule is COc1ccccc1CCNc1nccc(C(=O)Nc2c(C)cc(C)cc2C)n1. The van der Waals surface area contributed by atoms with Crippen LogP contribution in [0.3, 0.4) is 0 Å². The summed E-state index contributed by atoms with van der Waals surface area (Å²) < 4.78 is 5.37. The predicted molar refractivity (Wildman–Crippen MR) is 116 cm³/mol. The Kier molecular flexibility index (Phi) is 6.44. The van der Waals surface area contributed by atoms with Gasteiger partial charge in [-0.25, -0.2) is 9.97 Å². The molecule has 6 nitrogen and oxygen atoms in total. The Labute approximate surface area is 171 Å². The van der Waals surface area contributed by atoms with Crippen molar-refractivity contribution in [2.45, 2.75) is 27.2 Å². The minimum absolute atomic E-state index is 0.254. The number of methoxy groups -OCH3 is 1. The standard InChI is InChI=1S/C23H26N4O2/c1-15-13-16(2)21(17(3)14-15)27-22(28)19-10-12-25-23(26-19)24-11-9-18-7-5-6-8-20(18)29-4/h5-8,10,12-14H,9,11H2,1-4H3,(H,27,28)(H,24,25,26). The van der Waals surface area contributed by atoms with Crippen LogP contribution in [0.2, 0.25) is 0 Å². The van der Waals surface area contributed by atoms with E-state index in [1.165, 1.54) is 5.56 Å². The Bertz CT molecular complexity index is 994. The van der Waals surface area contributed by atoms with E-state index >= 15 is 0 Å². The lowest BCUT2D eigenvalue weighted by atomic mass is 10.1. The molecule has 3 rings (SSSR count). The van der Waals surface area contributed by atoms with Gasteiger partial charge in [-0.15, -0.1) is 0 Å². The zero-order valence-corrected chi connectivity index (χ0v) is 17.2. The summed E-state index contributed by atoms with van der Waals surface area (Å²) in [5.41, 5.74) is 5.47. The Hall–Kier alpha value is -3.41. The van der Waals surface area contributed by atoms with Crippen LogP contribution < -0.4 is 15.4 Å². The first-order valence-electron chi connectivity index (χ1n) is 9.56. The quantitative estimate of drug-likeness (QED) is 0.628. The van der Waals surface area contributed by atoms with Crippen molar-refractivity contribution in [3.05, 3.63) is 76.6 Å². The van der Waals surface area contributed by atoms with Gasteiger partial charge in [0.25, 0.3) is 5.91 Å². The van der Waals surface area contributed by atoms with E-state index in [4.69, 9.17) is 4.74 Å². The van der Waals surface area contributed by atoms with Gasteiger partial charge in [0.15, 0.2) is 0 Å². The van der Waals surface area contributed by atoms with Gasteiger partial charge in [0.1, 0.15) is 11.4 Å². The second kappa shape index (κ2) is 9.19. The van der Waals surface area contributed by atoms with Crippen molar-refractivity contribution in [2.75, 3.05) is 24.3 Å². The number of anilines is 2. The van der Waals surface area contributed by atoms with Crippen LogP contribution in [-0.4, -0.2) is 29.5 Å². The first-order chi connectivity index (χ1) is 14.0. The first-order valence-corrected chi connectivity index (χ1v) is 9.56. The zero-order chi connectivity index (χ0) is 20.8. The lowest BCUT2D eigenvalue weighted by Gasteiger charge is -2.13. The molecule has 0 fully saturated rings. The van der Waals surface area contributed by atoms with Gasteiger partial charge >= 0.3 is 0 Å². The smallest absolute Gasteiger partial charge is 0.274 e. The normalized spacial score (nSPS) is 10.5. The van der Waals surface area contributed by atoms with Crippen molar-refractivity contribution in [3.8, 4) is 5.75 Å². The molecule has 0 atom stereocenters. The number of aromatic nitrogens is 2. The summed E-state index contributed by atoms with van der Waals surface area (Å²) in [5, 5.41) is 6.15. The lowest BCUT2D eigenvalue weighted by molar-refractivity contribution is 0.102. The molecule has 0 aliphatic carbocycles. The maximum atomic E-state index is 12.7. The molecule has 0 radical (unpaired) electrons. The molecule has 0 spiro atoms. The number of nitrogens with one attached hydrogen (secondary N) is 2. The van der Waals surface area contributed by atoms with E-state index in [9.17, 15) is 4.79 Å². The van der Waals surface area contributed by atoms with E-state index in [-0.39, 0.29) is 5.91 Å². The monoisotopic (exact) mass is 390 g/mol. The van der Waals surface area contributed by atoms with Crippen molar-refractivity contribution < 1.29 is 9.53 Å². The topological polar surface area (TPSA) is 76.1 Å². The van der Waals surface area contributed by atoms with Crippen LogP contribution in [0, 0.1) is 20.8 Å². The maximum Gasteiger partial charge on any atom is 0.274 e. The number of hydrogen-bond acceptors (Lipinski definition) is 5. The molecule has 0 aliphatic rings. The minimum Gasteiger partial charge on any atom is -0.496 e. The summed E-state index contributed by atoms with van der Waals surface area (Å²) in [7, 11) is 1.66. The van der Waals surface area contributed by atoms with Gasteiger partial charge in [0.05, 0.1) is 7.11 Å². The van der Waals surface area contributed by atoms with E-state index in [0.717, 1.165) is 34.5 Å². The Morgan fingerprint density at radius 3 is 2.52 bits per heavy atom. The van der Waals surface area contributed by atoms with Crippen LogP contribution in [0.15, 0.2) is 48.7 Å². The Balaban J connectivity index is 1.65. The summed E-state index contributed by atoms with van der Waals surface area (Å²) in [6.07, 6.45) is 2.34. The summed E-state index contributed by atoms with van der Waals surface area (Å²) in [4.78, 5) is 21.3. The average Bonchev–Trinajstić information content (AvgIpc) is 2.71. The van der Waals surface area contributed by atoms with E-state index in [2.05, 4.69) is 20.6 Å². The number of nitrogens with zero attached hydrogens (tertiary/aromatic N) is 2. The zero-order valence-electron chi connectivity index (χ0n) is 17.2. The third-order valence-electron chi connectivity index (χ3n) is 4.67. The molecule has 1 amide bonds. The molecule has 3 aromatic rings. The highest BCUT2D eigenvalue weighted by molar-refractivity contribution is 6.03. The lowest BCUT2D eigenvalue weighted by Crippen LogP contribution is -2.17. The van der Waals surface area contributed by atoms with Crippen molar-refractivity contribution in [1.29, 1.82) is 0 Å². The average molecular weight is 390 g/mol. The fourth-order valence-corrected chi connectivity index (χ4v) is 3.34. The second-order valence-corrected chi connectivity index (χ2v) is 6.98. The molecule has 29 heavy (non-hydrogen) atoms. The van der Waals surface area contributed by atoms with Crippen molar-refractivity contribution >= 4 is 17.5 Å². The molecule has 1 heterocycles. The fraction of sp³-hybridized carbons (Fsp3) is 0.261. The van der Waals surface area contributed by atoms with Gasteiger partial charge < -0.3 is 15.4 Å². The van der Waals surface area contributed by atoms with E-state index in [0.29, 0.717) is 18.2 Å². The number of para-hydroxylation sites is 1. The molecule has 0 aliphatic heterocycles. The van der Waals surface area contributed by atoms with Crippen LogP contribution in [-0.2, 0) is 6.42 Å². The van der Waals surface area contributed by atoms with E-state index < -0.39 is 0 Å². The van der Waals surface area contributed by atoms with Gasteiger partial charge in [-0.3, -0.25) is 4.79 Å². The number of carbonyl (C=O) groups excluding carboxylic acids is 1. The van der Waals surface area contributed by atoms with Crippen LogP contribution in [0.5, 0.6) is 5.75 Å². The number of ether oxygens (including phenoxy) is 1. The van der Waals surface area contributed by atoms with Gasteiger partial charge in [0, 0.05) is 18.4 Å². The number of rotatable bonds is 7. The molecule has 0 bridgehead atoms. The molecule has 2 aromatic carbocycles. The minimum atomic E-state index is -0.254. The number of hydrogen-bond donors (Lipinski definition) is 2. The van der Waals surface area contributed by atoms with Crippen LogP contribution in [0.25, 0.3) is 0 Å². The summed E-state index contributed by atoms with van der Waals surface area (Å²) in [6, 6.07) is 13.6. The molecule has 0 saturated heterocycles. The summed E-state index contributed by atoms with van der Waals surface area (Å²) in [5.74, 6) is 1.02. The highest BCUT2D eigenvalue weighted by atomic mass is 16.5. The van der Waals surface area contributed by atoms with Crippen molar-refractivity contribution in [2.24, 2.45) is 0 Å². The largest absolute Gasteiger partial charge is 0.496 e. The number of amides is 1. The number of carbonyl (C=O) groups is 1. The van der Waals surface area contributed by atoms with Crippen molar-refractivity contribution in [1.82, 2.24) is 9.97 Å². The fourth-order valence-electron chi connectivity index (χ4n) is 3.34. The molecule has 6 heteroatoms. The third-order valence-corrected chi connectivity index (χ3v) is 4.67. The molecular formula is C23H26N4O2. The molecule has 0 saturated carbocycles. The van der Waals surface area contributed by atoms with Crippen LogP contribution in [0.4, 0.5) is 11.6 Å². The first kappa shape index (κ1) is 20.3. The molecule has 0 unspecified atom stereocenters. The Morgan fingerprint density at radius 1 is 1.07 bits per heavy atom. The molecule has 150 valence electrons. The number of aryl methyl sites for hydroxylation is 3. The summed E-state index contributed by atoms with van der Waals surface area (Å²) in [6.45, 7) is 6.64. The Morgan fingerprint density at radius 2 is 1.79 bits per heavy atom. The van der Waals surface area contributed by atoms with E-state index in [1.807, 2.05) is 57.2 Å². The number of benzene rings is 2. The summed E-state index contributed by atoms with van der Waals surface area (Å²) >= 11 is 0. The highest BCUT2D eigenvalue weighted by Gasteiger charge is 2.12. The van der Waals surface area contributed by atoms with Gasteiger partial charge in [0.2, 0.25) is 5.95 Å². The van der Waals surface area contributed by atoms with Crippen molar-refractivity contribution in [3.63, 3.8) is 0 Å². The van der Waals surface area contributed by atoms with Crippen LogP contribution >= 0.6 is 0 Å². The van der Waals surface area contributed by atoms with Gasteiger partial charge in [-0.1, -0.05) is 35.9 Å². The van der Waals surface area contributed by atoms with Gasteiger partial charge in [-0.05, 0) is 56.0 Å². The molecule has 2 N–H and O–H groups in total. The molecular weight excluding hydrogens is 364 g/mol. The van der Waals surface area contributed by atoms with E-state index in [1.54, 1.807) is 19.4 Å². The molecule has 1 aromatic heterocycles. The highest BCUT2D eigenvalue weighted by Crippen LogP contribution is 2.22. The third kappa shape index (κ3) is 5.10.